The number of sulfonamides is 1. The molecule has 1 fully saturated rings. The van der Waals surface area contributed by atoms with Gasteiger partial charge in [0.15, 0.2) is 0 Å². The van der Waals surface area contributed by atoms with E-state index in [1.807, 2.05) is 0 Å². The van der Waals surface area contributed by atoms with E-state index in [4.69, 9.17) is 0 Å². The first-order valence-electron chi connectivity index (χ1n) is 6.89. The molecule has 1 N–H and O–H groups in total. The average molecular weight is 344 g/mol. The predicted molar refractivity (Wildman–Crippen MR) is 80.9 cm³/mol. The molecule has 0 aromatic heterocycles. The van der Waals surface area contributed by atoms with Crippen molar-refractivity contribution in [3.8, 4) is 0 Å². The van der Waals surface area contributed by atoms with Gasteiger partial charge in [0.25, 0.3) is 0 Å². The minimum absolute atomic E-state index is 0.192. The number of ether oxygens (including phenoxy) is 1. The summed E-state index contributed by atoms with van der Waals surface area (Å²) in [7, 11) is -2.36. The number of hydrogen-bond acceptors (Lipinski definition) is 5. The van der Waals surface area contributed by atoms with Crippen molar-refractivity contribution in [2.75, 3.05) is 25.2 Å². The van der Waals surface area contributed by atoms with Gasteiger partial charge in [0.2, 0.25) is 15.9 Å². The van der Waals surface area contributed by atoms with Crippen LogP contribution in [0.5, 0.6) is 0 Å². The van der Waals surface area contributed by atoms with Crippen molar-refractivity contribution in [2.24, 2.45) is 0 Å². The number of anilines is 1. The van der Waals surface area contributed by atoms with E-state index in [9.17, 15) is 22.4 Å². The zero-order valence-electron chi connectivity index (χ0n) is 12.7. The number of esters is 1. The zero-order valence-corrected chi connectivity index (χ0v) is 13.5. The number of benzene rings is 1. The number of rotatable bonds is 4. The van der Waals surface area contributed by atoms with Crippen LogP contribution in [0.25, 0.3) is 0 Å². The van der Waals surface area contributed by atoms with E-state index >= 15 is 0 Å². The van der Waals surface area contributed by atoms with E-state index in [0.717, 1.165) is 29.8 Å². The number of carbonyl (C=O) groups excluding carboxylic acids is 2. The van der Waals surface area contributed by atoms with Crippen molar-refractivity contribution in [3.63, 3.8) is 0 Å². The summed E-state index contributed by atoms with van der Waals surface area (Å²) in [5.74, 6) is -2.15. The lowest BCUT2D eigenvalue weighted by Crippen LogP contribution is -2.42. The van der Waals surface area contributed by atoms with Gasteiger partial charge in [0, 0.05) is 12.2 Å². The fourth-order valence-corrected chi connectivity index (χ4v) is 3.62. The number of methoxy groups -OCH3 is 1. The molecule has 0 aliphatic carbocycles. The Morgan fingerprint density at radius 3 is 2.70 bits per heavy atom. The Morgan fingerprint density at radius 2 is 2.09 bits per heavy atom. The Hall–Kier alpha value is -2.00. The topological polar surface area (TPSA) is 92.8 Å². The zero-order chi connectivity index (χ0) is 17.2. The maximum Gasteiger partial charge on any atom is 0.340 e. The summed E-state index contributed by atoms with van der Waals surface area (Å²) in [5.41, 5.74) is -0.117. The Morgan fingerprint density at radius 1 is 1.39 bits per heavy atom. The molecule has 1 aromatic carbocycles. The van der Waals surface area contributed by atoms with E-state index in [1.54, 1.807) is 0 Å². The monoisotopic (exact) mass is 344 g/mol. The third kappa shape index (κ3) is 3.85. The highest BCUT2D eigenvalue weighted by molar-refractivity contribution is 7.88. The number of nitrogens with one attached hydrogen (secondary N) is 1. The van der Waals surface area contributed by atoms with Crippen LogP contribution in [0.4, 0.5) is 10.1 Å². The van der Waals surface area contributed by atoms with Crippen molar-refractivity contribution < 1.29 is 27.1 Å². The molecule has 1 amide bonds. The van der Waals surface area contributed by atoms with Gasteiger partial charge in [0.05, 0.1) is 18.9 Å². The Bertz CT molecular complexity index is 735. The highest BCUT2D eigenvalue weighted by Crippen LogP contribution is 2.22. The first kappa shape index (κ1) is 17.4. The van der Waals surface area contributed by atoms with E-state index in [-0.39, 0.29) is 17.8 Å². The summed E-state index contributed by atoms with van der Waals surface area (Å²) in [6.45, 7) is 0.285. The molecular weight excluding hydrogens is 327 g/mol. The summed E-state index contributed by atoms with van der Waals surface area (Å²) in [4.78, 5) is 23.7. The minimum Gasteiger partial charge on any atom is -0.465 e. The molecule has 9 heteroatoms. The van der Waals surface area contributed by atoms with Crippen LogP contribution >= 0.6 is 0 Å². The standard InChI is InChI=1S/C14H17FN2O5S/c1-22-14(19)10-8-9(5-6-11(10)15)16-13(18)12-4-3-7-17(12)23(2,20)21/h5-6,8,12H,3-4,7H2,1-2H3,(H,16,18)/t12-/m1/s1. The second-order valence-corrected chi connectivity index (χ2v) is 7.14. The highest BCUT2D eigenvalue weighted by atomic mass is 32.2. The summed E-state index contributed by atoms with van der Waals surface area (Å²) in [5, 5.41) is 2.51. The number of nitrogens with zero attached hydrogens (tertiary/aromatic N) is 1. The lowest BCUT2D eigenvalue weighted by atomic mass is 10.1. The number of carbonyl (C=O) groups is 2. The van der Waals surface area contributed by atoms with E-state index in [1.165, 1.54) is 6.07 Å². The van der Waals surface area contributed by atoms with Gasteiger partial charge in [0.1, 0.15) is 11.9 Å². The van der Waals surface area contributed by atoms with Crippen LogP contribution in [0.1, 0.15) is 23.2 Å². The van der Waals surface area contributed by atoms with Crippen LogP contribution in [0.15, 0.2) is 18.2 Å². The van der Waals surface area contributed by atoms with Crippen LogP contribution < -0.4 is 5.32 Å². The molecule has 0 unspecified atom stereocenters. The normalized spacial score (nSPS) is 18.7. The quantitative estimate of drug-likeness (QED) is 0.822. The first-order chi connectivity index (χ1) is 10.7. The Labute approximate surface area is 133 Å². The molecule has 0 radical (unpaired) electrons. The van der Waals surface area contributed by atoms with Gasteiger partial charge >= 0.3 is 5.97 Å². The number of hydrogen-bond donors (Lipinski definition) is 1. The predicted octanol–water partition coefficient (Wildman–Crippen LogP) is 0.975. The third-order valence-corrected chi connectivity index (χ3v) is 4.86. The van der Waals surface area contributed by atoms with E-state index in [2.05, 4.69) is 10.1 Å². The third-order valence-electron chi connectivity index (χ3n) is 3.57. The molecule has 1 aliphatic heterocycles. The molecule has 1 aromatic rings. The molecule has 2 rings (SSSR count). The molecule has 0 spiro atoms. The highest BCUT2D eigenvalue weighted by Gasteiger charge is 2.36. The van der Waals surface area contributed by atoms with Crippen LogP contribution in [-0.2, 0) is 19.6 Å². The second-order valence-electron chi connectivity index (χ2n) is 5.21. The molecule has 0 saturated carbocycles. The van der Waals surface area contributed by atoms with Crippen LogP contribution in [0, 0.1) is 5.82 Å². The largest absolute Gasteiger partial charge is 0.465 e. The maximum atomic E-state index is 13.6. The molecular formula is C14H17FN2O5S. The van der Waals surface area contributed by atoms with Crippen molar-refractivity contribution in [1.29, 1.82) is 0 Å². The lowest BCUT2D eigenvalue weighted by molar-refractivity contribution is -0.119. The lowest BCUT2D eigenvalue weighted by Gasteiger charge is -2.21. The van der Waals surface area contributed by atoms with Crippen molar-refractivity contribution >= 4 is 27.6 Å². The van der Waals surface area contributed by atoms with Crippen LogP contribution in [-0.4, -0.2) is 50.6 Å². The molecule has 0 bridgehead atoms. The molecule has 1 heterocycles. The average Bonchev–Trinajstić information content (AvgIpc) is 2.98. The Balaban J connectivity index is 2.19. The summed E-state index contributed by atoms with van der Waals surface area (Å²) < 4.78 is 42.5. The van der Waals surface area contributed by atoms with Crippen molar-refractivity contribution in [2.45, 2.75) is 18.9 Å². The van der Waals surface area contributed by atoms with Crippen LogP contribution in [0.2, 0.25) is 0 Å². The van der Waals surface area contributed by atoms with E-state index < -0.39 is 33.8 Å². The van der Waals surface area contributed by atoms with Gasteiger partial charge in [-0.05, 0) is 31.0 Å². The number of amides is 1. The second kappa shape index (κ2) is 6.63. The fraction of sp³-hybridized carbons (Fsp3) is 0.429. The van der Waals surface area contributed by atoms with Gasteiger partial charge in [-0.3, -0.25) is 4.79 Å². The van der Waals surface area contributed by atoms with Gasteiger partial charge in [-0.25, -0.2) is 17.6 Å². The van der Waals surface area contributed by atoms with Gasteiger partial charge in [-0.1, -0.05) is 0 Å². The van der Waals surface area contributed by atoms with Gasteiger partial charge in [-0.15, -0.1) is 0 Å². The fourth-order valence-electron chi connectivity index (χ4n) is 2.49. The van der Waals surface area contributed by atoms with Crippen LogP contribution in [0.3, 0.4) is 0 Å². The SMILES string of the molecule is COC(=O)c1cc(NC(=O)[C@H]2CCCN2S(C)(=O)=O)ccc1F. The summed E-state index contributed by atoms with van der Waals surface area (Å²) in [6.07, 6.45) is 2.04. The molecule has 1 aliphatic rings. The maximum absolute atomic E-state index is 13.6. The summed E-state index contributed by atoms with van der Waals surface area (Å²) in [6, 6.07) is 2.67. The summed E-state index contributed by atoms with van der Waals surface area (Å²) >= 11 is 0. The van der Waals surface area contributed by atoms with Crippen molar-refractivity contribution in [1.82, 2.24) is 4.31 Å². The van der Waals surface area contributed by atoms with E-state index in [0.29, 0.717) is 12.8 Å². The van der Waals surface area contributed by atoms with Crippen molar-refractivity contribution in [3.05, 3.63) is 29.6 Å². The Kier molecular flexibility index (Phi) is 5.00. The molecule has 126 valence electrons. The van der Waals surface area contributed by atoms with Gasteiger partial charge in [-0.2, -0.15) is 4.31 Å². The number of halogens is 1. The first-order valence-corrected chi connectivity index (χ1v) is 8.74. The van der Waals surface area contributed by atoms with Gasteiger partial charge < -0.3 is 10.1 Å². The smallest absolute Gasteiger partial charge is 0.340 e. The molecule has 7 nitrogen and oxygen atoms in total. The molecule has 1 saturated heterocycles. The molecule has 1 atom stereocenters. The molecule has 23 heavy (non-hydrogen) atoms. The minimum atomic E-state index is -3.48.